The Balaban J connectivity index is 1.89. The summed E-state index contributed by atoms with van der Waals surface area (Å²) in [5.41, 5.74) is 0. The molecule has 0 spiro atoms. The molecule has 3 heteroatoms. The molecule has 1 aromatic heterocycles. The van der Waals surface area contributed by atoms with Gasteiger partial charge in [0.1, 0.15) is 0 Å². The van der Waals surface area contributed by atoms with Crippen LogP contribution in [0.25, 0.3) is 0 Å². The highest BCUT2D eigenvalue weighted by molar-refractivity contribution is 7.11. The predicted molar refractivity (Wildman–Crippen MR) is 74.5 cm³/mol. The molecule has 0 radical (unpaired) electrons. The average molecular weight is 252 g/mol. The van der Waals surface area contributed by atoms with Crippen molar-refractivity contribution in [2.24, 2.45) is 5.92 Å². The second-order valence-corrected chi connectivity index (χ2v) is 6.80. The lowest BCUT2D eigenvalue weighted by molar-refractivity contribution is 0.347. The SMILES string of the molecule is CC1CCC(c2ncc(CNC(C)C)s2)CC1. The fourth-order valence-corrected chi connectivity index (χ4v) is 3.44. The van der Waals surface area contributed by atoms with E-state index in [0.29, 0.717) is 6.04 Å². The molecular formula is C14H24N2S. The van der Waals surface area contributed by atoms with Crippen LogP contribution in [0, 0.1) is 5.92 Å². The van der Waals surface area contributed by atoms with Crippen LogP contribution in [0.5, 0.6) is 0 Å². The number of hydrogen-bond acceptors (Lipinski definition) is 3. The summed E-state index contributed by atoms with van der Waals surface area (Å²) in [6, 6.07) is 0.552. The van der Waals surface area contributed by atoms with Gasteiger partial charge < -0.3 is 5.32 Å². The highest BCUT2D eigenvalue weighted by atomic mass is 32.1. The number of hydrogen-bond donors (Lipinski definition) is 1. The smallest absolute Gasteiger partial charge is 0.0959 e. The molecule has 1 saturated carbocycles. The van der Waals surface area contributed by atoms with Crippen LogP contribution in [0.4, 0.5) is 0 Å². The zero-order chi connectivity index (χ0) is 12.3. The van der Waals surface area contributed by atoms with Crippen LogP contribution in [0.2, 0.25) is 0 Å². The second-order valence-electron chi connectivity index (χ2n) is 5.66. The summed E-state index contributed by atoms with van der Waals surface area (Å²) in [5.74, 6) is 1.66. The van der Waals surface area contributed by atoms with E-state index < -0.39 is 0 Å². The van der Waals surface area contributed by atoms with Gasteiger partial charge in [0.2, 0.25) is 0 Å². The number of thiazole rings is 1. The van der Waals surface area contributed by atoms with E-state index in [4.69, 9.17) is 0 Å². The molecule has 0 amide bonds. The fraction of sp³-hybridized carbons (Fsp3) is 0.786. The van der Waals surface area contributed by atoms with Crippen LogP contribution in [-0.4, -0.2) is 11.0 Å². The minimum absolute atomic E-state index is 0.552. The third-order valence-corrected chi connectivity index (χ3v) is 4.78. The maximum absolute atomic E-state index is 4.62. The van der Waals surface area contributed by atoms with Crippen molar-refractivity contribution in [1.29, 1.82) is 0 Å². The van der Waals surface area contributed by atoms with Crippen LogP contribution in [0.1, 0.15) is 62.3 Å². The van der Waals surface area contributed by atoms with Gasteiger partial charge in [-0.05, 0) is 18.8 Å². The Morgan fingerprint density at radius 3 is 2.71 bits per heavy atom. The lowest BCUT2D eigenvalue weighted by Crippen LogP contribution is -2.21. The molecule has 2 nitrogen and oxygen atoms in total. The average Bonchev–Trinajstić information content (AvgIpc) is 2.76. The van der Waals surface area contributed by atoms with Crippen molar-refractivity contribution in [2.75, 3.05) is 0 Å². The lowest BCUT2D eigenvalue weighted by atomic mass is 9.83. The first-order valence-electron chi connectivity index (χ1n) is 6.83. The third kappa shape index (κ3) is 3.78. The number of aromatic nitrogens is 1. The topological polar surface area (TPSA) is 24.9 Å². The molecule has 0 unspecified atom stereocenters. The molecule has 0 aromatic carbocycles. The van der Waals surface area contributed by atoms with Crippen molar-refractivity contribution in [3.05, 3.63) is 16.1 Å². The molecule has 17 heavy (non-hydrogen) atoms. The normalized spacial score (nSPS) is 25.4. The number of rotatable bonds is 4. The molecule has 1 fully saturated rings. The summed E-state index contributed by atoms with van der Waals surface area (Å²) in [5, 5.41) is 4.83. The molecule has 0 bridgehead atoms. The van der Waals surface area contributed by atoms with Crippen LogP contribution in [0.15, 0.2) is 6.20 Å². The third-order valence-electron chi connectivity index (χ3n) is 3.62. The van der Waals surface area contributed by atoms with Gasteiger partial charge in [0, 0.05) is 29.6 Å². The van der Waals surface area contributed by atoms with Crippen LogP contribution < -0.4 is 5.32 Å². The largest absolute Gasteiger partial charge is 0.310 e. The maximum Gasteiger partial charge on any atom is 0.0959 e. The van der Waals surface area contributed by atoms with E-state index in [1.54, 1.807) is 0 Å². The first-order chi connectivity index (χ1) is 8.15. The molecular weight excluding hydrogens is 228 g/mol. The van der Waals surface area contributed by atoms with Crippen molar-refractivity contribution in [2.45, 2.75) is 65.0 Å². The summed E-state index contributed by atoms with van der Waals surface area (Å²) in [6.07, 6.45) is 7.50. The summed E-state index contributed by atoms with van der Waals surface area (Å²) in [4.78, 5) is 6.00. The van der Waals surface area contributed by atoms with E-state index in [-0.39, 0.29) is 0 Å². The van der Waals surface area contributed by atoms with Gasteiger partial charge in [0.15, 0.2) is 0 Å². The summed E-state index contributed by atoms with van der Waals surface area (Å²) < 4.78 is 0. The molecule has 0 saturated heterocycles. The van der Waals surface area contributed by atoms with E-state index in [9.17, 15) is 0 Å². The van der Waals surface area contributed by atoms with Crippen molar-refractivity contribution in [3.63, 3.8) is 0 Å². The molecule has 0 atom stereocenters. The van der Waals surface area contributed by atoms with E-state index in [1.165, 1.54) is 35.6 Å². The summed E-state index contributed by atoms with van der Waals surface area (Å²) >= 11 is 1.91. The number of nitrogens with one attached hydrogen (secondary N) is 1. The monoisotopic (exact) mass is 252 g/mol. The molecule has 1 N–H and O–H groups in total. The van der Waals surface area contributed by atoms with E-state index in [1.807, 2.05) is 11.3 Å². The van der Waals surface area contributed by atoms with E-state index in [2.05, 4.69) is 37.3 Å². The van der Waals surface area contributed by atoms with Gasteiger partial charge in [-0.2, -0.15) is 0 Å². The van der Waals surface area contributed by atoms with Gasteiger partial charge in [-0.1, -0.05) is 33.6 Å². The number of nitrogens with zero attached hydrogens (tertiary/aromatic N) is 1. The Morgan fingerprint density at radius 2 is 2.06 bits per heavy atom. The van der Waals surface area contributed by atoms with Gasteiger partial charge in [-0.15, -0.1) is 11.3 Å². The molecule has 96 valence electrons. The standard InChI is InChI=1S/C14H24N2S/c1-10(2)15-8-13-9-16-14(17-13)12-6-4-11(3)5-7-12/h9-12,15H,4-8H2,1-3H3. The quantitative estimate of drug-likeness (QED) is 0.878. The van der Waals surface area contributed by atoms with Crippen molar-refractivity contribution >= 4 is 11.3 Å². The van der Waals surface area contributed by atoms with Crippen molar-refractivity contribution in [3.8, 4) is 0 Å². The molecule has 1 aliphatic rings. The highest BCUT2D eigenvalue weighted by Gasteiger charge is 2.22. The Kier molecular flexibility index (Phi) is 4.57. The Labute approximate surface area is 109 Å². The van der Waals surface area contributed by atoms with E-state index >= 15 is 0 Å². The van der Waals surface area contributed by atoms with Gasteiger partial charge in [-0.3, -0.25) is 0 Å². The molecule has 2 rings (SSSR count). The molecule has 1 aromatic rings. The van der Waals surface area contributed by atoms with Crippen LogP contribution in [0.3, 0.4) is 0 Å². The fourth-order valence-electron chi connectivity index (χ4n) is 2.40. The van der Waals surface area contributed by atoms with Crippen molar-refractivity contribution < 1.29 is 0 Å². The predicted octanol–water partition coefficient (Wildman–Crippen LogP) is 3.93. The highest BCUT2D eigenvalue weighted by Crippen LogP contribution is 2.37. The van der Waals surface area contributed by atoms with Crippen LogP contribution >= 0.6 is 11.3 Å². The summed E-state index contributed by atoms with van der Waals surface area (Å²) in [7, 11) is 0. The maximum atomic E-state index is 4.62. The first-order valence-corrected chi connectivity index (χ1v) is 7.64. The van der Waals surface area contributed by atoms with Crippen LogP contribution in [-0.2, 0) is 6.54 Å². The van der Waals surface area contributed by atoms with E-state index in [0.717, 1.165) is 18.4 Å². The molecule has 1 heterocycles. The van der Waals surface area contributed by atoms with Gasteiger partial charge in [0.25, 0.3) is 0 Å². The summed E-state index contributed by atoms with van der Waals surface area (Å²) in [6.45, 7) is 7.71. The van der Waals surface area contributed by atoms with Crippen molar-refractivity contribution in [1.82, 2.24) is 10.3 Å². The minimum Gasteiger partial charge on any atom is -0.310 e. The Bertz CT molecular complexity index is 338. The molecule has 0 aliphatic heterocycles. The lowest BCUT2D eigenvalue weighted by Gasteiger charge is -2.24. The second kappa shape index (κ2) is 5.96. The zero-order valence-corrected chi connectivity index (χ0v) is 12.0. The van der Waals surface area contributed by atoms with Gasteiger partial charge in [0.05, 0.1) is 5.01 Å². The Morgan fingerprint density at radius 1 is 1.35 bits per heavy atom. The van der Waals surface area contributed by atoms with Gasteiger partial charge >= 0.3 is 0 Å². The molecule has 1 aliphatic carbocycles. The minimum atomic E-state index is 0.552. The first kappa shape index (κ1) is 13.0. The zero-order valence-electron chi connectivity index (χ0n) is 11.2. The van der Waals surface area contributed by atoms with Gasteiger partial charge in [-0.25, -0.2) is 4.98 Å². The Hall–Kier alpha value is -0.410.